The summed E-state index contributed by atoms with van der Waals surface area (Å²) in [6.45, 7) is 1.20. The molecule has 1 amide bonds. The van der Waals surface area contributed by atoms with Crippen molar-refractivity contribution in [3.05, 3.63) is 58.0 Å². The number of primary sulfonamides is 1. The van der Waals surface area contributed by atoms with Crippen LogP contribution in [0, 0.1) is 0 Å². The Balaban J connectivity index is 1.43. The van der Waals surface area contributed by atoms with Crippen LogP contribution in [0.1, 0.15) is 20.4 Å². The van der Waals surface area contributed by atoms with Crippen molar-refractivity contribution < 1.29 is 17.9 Å². The van der Waals surface area contributed by atoms with Gasteiger partial charge in [0.25, 0.3) is 5.91 Å². The van der Waals surface area contributed by atoms with E-state index in [9.17, 15) is 13.2 Å². The van der Waals surface area contributed by atoms with Crippen LogP contribution in [-0.2, 0) is 23.0 Å². The van der Waals surface area contributed by atoms with Crippen LogP contribution in [0.15, 0.2) is 47.4 Å². The van der Waals surface area contributed by atoms with Crippen molar-refractivity contribution in [2.24, 2.45) is 5.14 Å². The van der Waals surface area contributed by atoms with Crippen molar-refractivity contribution in [3.63, 3.8) is 0 Å². The molecule has 156 valence electrons. The first-order chi connectivity index (χ1) is 14.3. The lowest BCUT2D eigenvalue weighted by atomic mass is 10.2. The molecule has 9 nitrogen and oxygen atoms in total. The smallest absolute Gasteiger partial charge is 0.286 e. The molecule has 0 fully saturated rings. The number of aromatic nitrogens is 2. The summed E-state index contributed by atoms with van der Waals surface area (Å²) in [6, 6.07) is 11.9. The van der Waals surface area contributed by atoms with Crippen LogP contribution in [0.2, 0.25) is 0 Å². The van der Waals surface area contributed by atoms with Gasteiger partial charge in [-0.25, -0.2) is 13.6 Å². The zero-order valence-electron chi connectivity index (χ0n) is 16.0. The fourth-order valence-electron chi connectivity index (χ4n) is 3.22. The quantitative estimate of drug-likeness (QED) is 0.594. The minimum atomic E-state index is -3.73. The van der Waals surface area contributed by atoms with Gasteiger partial charge in [-0.1, -0.05) is 11.3 Å². The van der Waals surface area contributed by atoms with Crippen molar-refractivity contribution in [2.75, 3.05) is 23.9 Å². The van der Waals surface area contributed by atoms with E-state index in [1.54, 1.807) is 43.5 Å². The number of ether oxygens (including phenoxy) is 1. The molecule has 1 aliphatic heterocycles. The van der Waals surface area contributed by atoms with Gasteiger partial charge >= 0.3 is 0 Å². The van der Waals surface area contributed by atoms with Crippen LogP contribution in [0.25, 0.3) is 0 Å². The highest BCUT2D eigenvalue weighted by molar-refractivity contribution is 7.89. The van der Waals surface area contributed by atoms with E-state index in [-0.39, 0.29) is 15.8 Å². The van der Waals surface area contributed by atoms with Gasteiger partial charge in [0.2, 0.25) is 15.0 Å². The van der Waals surface area contributed by atoms with E-state index in [4.69, 9.17) is 9.88 Å². The van der Waals surface area contributed by atoms with Gasteiger partial charge in [-0.2, -0.15) is 0 Å². The van der Waals surface area contributed by atoms with Gasteiger partial charge in [0.1, 0.15) is 10.8 Å². The molecule has 11 heteroatoms. The maximum atomic E-state index is 12.4. The number of hydrogen-bond acceptors (Lipinski definition) is 8. The van der Waals surface area contributed by atoms with E-state index in [2.05, 4.69) is 20.4 Å². The molecule has 3 N–H and O–H groups in total. The molecule has 0 radical (unpaired) electrons. The van der Waals surface area contributed by atoms with Gasteiger partial charge in [-0.15, -0.1) is 10.2 Å². The molecule has 3 aromatic rings. The highest BCUT2D eigenvalue weighted by atomic mass is 32.2. The van der Waals surface area contributed by atoms with Crippen molar-refractivity contribution >= 4 is 38.6 Å². The predicted molar refractivity (Wildman–Crippen MR) is 113 cm³/mol. The van der Waals surface area contributed by atoms with Crippen LogP contribution in [-0.4, -0.2) is 38.2 Å². The van der Waals surface area contributed by atoms with E-state index in [1.807, 2.05) is 0 Å². The first kappa shape index (κ1) is 20.3. The molecule has 0 saturated carbocycles. The first-order valence-electron chi connectivity index (χ1n) is 9.02. The predicted octanol–water partition coefficient (Wildman–Crippen LogP) is 2.01. The average Bonchev–Trinajstić information content (AvgIpc) is 3.35. The third kappa shape index (κ3) is 4.27. The topological polar surface area (TPSA) is 128 Å². The number of anilines is 2. The number of rotatable bonds is 6. The Morgan fingerprint density at radius 2 is 2.00 bits per heavy atom. The molecule has 2 aromatic carbocycles. The monoisotopic (exact) mass is 445 g/mol. The normalized spacial score (nSPS) is 13.2. The number of hydrogen-bond donors (Lipinski definition) is 2. The van der Waals surface area contributed by atoms with E-state index in [0.717, 1.165) is 17.8 Å². The molecule has 0 saturated heterocycles. The fraction of sp³-hybridized carbons (Fsp3) is 0.211. The van der Waals surface area contributed by atoms with Crippen LogP contribution in [0.5, 0.6) is 5.75 Å². The molecule has 2 heterocycles. The number of nitrogens with two attached hydrogens (primary N) is 1. The zero-order chi connectivity index (χ0) is 21.3. The largest absolute Gasteiger partial charge is 0.497 e. The SMILES string of the molecule is COc1ccc(NC(=O)c2nnc(CN3CCc4cc(S(N)(=O)=O)ccc43)s2)cc1. The maximum Gasteiger partial charge on any atom is 0.286 e. The Bertz CT molecular complexity index is 1190. The summed E-state index contributed by atoms with van der Waals surface area (Å²) in [7, 11) is -2.15. The number of methoxy groups -OCH3 is 1. The molecule has 30 heavy (non-hydrogen) atoms. The second-order valence-corrected chi connectivity index (χ2v) is 9.31. The van der Waals surface area contributed by atoms with Crippen molar-refractivity contribution in [3.8, 4) is 5.75 Å². The summed E-state index contributed by atoms with van der Waals surface area (Å²) in [5.41, 5.74) is 2.49. The first-order valence-corrected chi connectivity index (χ1v) is 11.4. The van der Waals surface area contributed by atoms with Crippen molar-refractivity contribution in [1.29, 1.82) is 0 Å². The number of nitrogens with zero attached hydrogens (tertiary/aromatic N) is 3. The molecular formula is C19H19N5O4S2. The number of amides is 1. The molecule has 1 aromatic heterocycles. The third-order valence-corrected chi connectivity index (χ3v) is 6.52. The van der Waals surface area contributed by atoms with Crippen molar-refractivity contribution in [2.45, 2.75) is 17.9 Å². The number of nitrogens with one attached hydrogen (secondary N) is 1. The van der Waals surface area contributed by atoms with Gasteiger partial charge in [-0.3, -0.25) is 4.79 Å². The summed E-state index contributed by atoms with van der Waals surface area (Å²) in [5, 5.41) is 17.1. The molecule has 0 spiro atoms. The second-order valence-electron chi connectivity index (χ2n) is 6.69. The van der Waals surface area contributed by atoms with Gasteiger partial charge in [0.15, 0.2) is 0 Å². The average molecular weight is 446 g/mol. The van der Waals surface area contributed by atoms with Gasteiger partial charge in [0, 0.05) is 17.9 Å². The van der Waals surface area contributed by atoms with Crippen LogP contribution >= 0.6 is 11.3 Å². The zero-order valence-corrected chi connectivity index (χ0v) is 17.7. The van der Waals surface area contributed by atoms with Crippen LogP contribution < -0.4 is 20.1 Å². The van der Waals surface area contributed by atoms with E-state index in [1.165, 1.54) is 17.4 Å². The number of fused-ring (bicyclic) bond motifs is 1. The molecule has 4 rings (SSSR count). The van der Waals surface area contributed by atoms with Gasteiger partial charge < -0.3 is 15.0 Å². The Morgan fingerprint density at radius 1 is 1.23 bits per heavy atom. The molecule has 1 aliphatic rings. The lowest BCUT2D eigenvalue weighted by Gasteiger charge is -2.17. The third-order valence-electron chi connectivity index (χ3n) is 4.71. The summed E-state index contributed by atoms with van der Waals surface area (Å²) >= 11 is 1.22. The Labute approximate surface area is 177 Å². The van der Waals surface area contributed by atoms with E-state index < -0.39 is 10.0 Å². The van der Waals surface area contributed by atoms with Gasteiger partial charge in [0.05, 0.1) is 18.6 Å². The fourth-order valence-corrected chi connectivity index (χ4v) is 4.53. The van der Waals surface area contributed by atoms with Crippen LogP contribution in [0.4, 0.5) is 11.4 Å². The highest BCUT2D eigenvalue weighted by Crippen LogP contribution is 2.31. The minimum Gasteiger partial charge on any atom is -0.497 e. The maximum absolute atomic E-state index is 12.4. The second kappa shape index (κ2) is 8.01. The molecular weight excluding hydrogens is 426 g/mol. The summed E-state index contributed by atoms with van der Waals surface area (Å²) in [6.07, 6.45) is 0.711. The Morgan fingerprint density at radius 3 is 2.70 bits per heavy atom. The Kier molecular flexibility index (Phi) is 5.41. The molecule has 0 bridgehead atoms. The number of benzene rings is 2. The lowest BCUT2D eigenvalue weighted by molar-refractivity contribution is 0.102. The Hall–Kier alpha value is -3.02. The number of sulfonamides is 1. The summed E-state index contributed by atoms with van der Waals surface area (Å²) < 4.78 is 28.2. The molecule has 0 atom stereocenters. The number of carbonyl (C=O) groups excluding carboxylic acids is 1. The van der Waals surface area contributed by atoms with E-state index >= 15 is 0 Å². The molecule has 0 unspecified atom stereocenters. The van der Waals surface area contributed by atoms with Crippen molar-refractivity contribution in [1.82, 2.24) is 10.2 Å². The molecule has 0 aliphatic carbocycles. The number of carbonyl (C=O) groups is 1. The summed E-state index contributed by atoms with van der Waals surface area (Å²) in [5.74, 6) is 0.372. The lowest BCUT2D eigenvalue weighted by Crippen LogP contribution is -2.19. The standard InChI is InChI=1S/C19H19N5O4S2/c1-28-14-4-2-13(3-5-14)21-18(25)19-23-22-17(29-19)11-24-9-8-12-10-15(30(20,26)27)6-7-16(12)24/h2-7,10H,8-9,11H2,1H3,(H,21,25)(H2,20,26,27). The highest BCUT2D eigenvalue weighted by Gasteiger charge is 2.23. The minimum absolute atomic E-state index is 0.108. The van der Waals surface area contributed by atoms with Gasteiger partial charge in [-0.05, 0) is 54.4 Å². The van der Waals surface area contributed by atoms with Crippen LogP contribution in [0.3, 0.4) is 0 Å². The summed E-state index contributed by atoms with van der Waals surface area (Å²) in [4.78, 5) is 14.6. The van der Waals surface area contributed by atoms with E-state index in [0.29, 0.717) is 29.4 Å².